The molecule has 2 heterocycles. The number of hydrogen-bond donors (Lipinski definition) is 1. The zero-order valence-corrected chi connectivity index (χ0v) is 20.7. The van der Waals surface area contributed by atoms with Crippen molar-refractivity contribution in [1.29, 1.82) is 0 Å². The zero-order valence-electron chi connectivity index (χ0n) is 17.5. The third-order valence-electron chi connectivity index (χ3n) is 5.71. The molecule has 5 aromatic rings. The summed E-state index contributed by atoms with van der Waals surface area (Å²) in [5.74, 6) is 0. The SMILES string of the molecule is Cc1c(C=Nn2c(=O)[nH]c3ccccc3c2=O)c2ccccc2n1Cc1ccc(Br)cc1Br. The lowest BCUT2D eigenvalue weighted by Gasteiger charge is -2.11. The predicted molar refractivity (Wildman–Crippen MR) is 139 cm³/mol. The van der Waals surface area contributed by atoms with Crippen molar-refractivity contribution in [1.82, 2.24) is 14.2 Å². The molecule has 2 aromatic heterocycles. The maximum Gasteiger partial charge on any atom is 0.349 e. The average Bonchev–Trinajstić information content (AvgIpc) is 3.06. The number of hydrogen-bond acceptors (Lipinski definition) is 3. The first-order valence-corrected chi connectivity index (χ1v) is 11.8. The van der Waals surface area contributed by atoms with E-state index in [9.17, 15) is 9.59 Å². The van der Waals surface area contributed by atoms with E-state index in [0.29, 0.717) is 17.4 Å². The number of H-pyrrole nitrogens is 1. The van der Waals surface area contributed by atoms with E-state index < -0.39 is 11.2 Å². The first-order chi connectivity index (χ1) is 15.9. The molecule has 0 atom stereocenters. The molecule has 3 aromatic carbocycles. The number of para-hydroxylation sites is 2. The molecule has 0 amide bonds. The molecule has 0 fully saturated rings. The third kappa shape index (κ3) is 3.89. The van der Waals surface area contributed by atoms with Gasteiger partial charge >= 0.3 is 5.69 Å². The summed E-state index contributed by atoms with van der Waals surface area (Å²) in [7, 11) is 0. The summed E-state index contributed by atoms with van der Waals surface area (Å²) in [6.07, 6.45) is 1.59. The number of nitrogens with one attached hydrogen (secondary N) is 1. The van der Waals surface area contributed by atoms with E-state index in [1.807, 2.05) is 37.3 Å². The van der Waals surface area contributed by atoms with Crippen LogP contribution in [0.1, 0.15) is 16.8 Å². The van der Waals surface area contributed by atoms with Gasteiger partial charge in [-0.3, -0.25) is 4.79 Å². The number of halogens is 2. The van der Waals surface area contributed by atoms with Crippen LogP contribution in [0.4, 0.5) is 0 Å². The van der Waals surface area contributed by atoms with E-state index >= 15 is 0 Å². The largest absolute Gasteiger partial charge is 0.349 e. The van der Waals surface area contributed by atoms with Crippen LogP contribution in [-0.2, 0) is 6.54 Å². The molecule has 8 heteroatoms. The van der Waals surface area contributed by atoms with E-state index in [4.69, 9.17) is 0 Å². The highest BCUT2D eigenvalue weighted by atomic mass is 79.9. The number of fused-ring (bicyclic) bond motifs is 2. The summed E-state index contributed by atoms with van der Waals surface area (Å²) >= 11 is 7.15. The molecular weight excluding hydrogens is 548 g/mol. The fraction of sp³-hybridized carbons (Fsp3) is 0.0800. The zero-order chi connectivity index (χ0) is 23.1. The third-order valence-corrected chi connectivity index (χ3v) is 6.94. The second-order valence-corrected chi connectivity index (χ2v) is 9.45. The van der Waals surface area contributed by atoms with Crippen LogP contribution in [0.3, 0.4) is 0 Å². The Hall–Kier alpha value is -3.23. The highest BCUT2D eigenvalue weighted by molar-refractivity contribution is 9.11. The topological polar surface area (TPSA) is 72.2 Å². The van der Waals surface area contributed by atoms with Gasteiger partial charge in [-0.2, -0.15) is 5.10 Å². The lowest BCUT2D eigenvalue weighted by Crippen LogP contribution is -2.32. The van der Waals surface area contributed by atoms with Gasteiger partial charge in [0.05, 0.1) is 17.1 Å². The van der Waals surface area contributed by atoms with Crippen LogP contribution in [-0.4, -0.2) is 20.4 Å². The van der Waals surface area contributed by atoms with Crippen LogP contribution in [0, 0.1) is 6.92 Å². The Morgan fingerprint density at radius 2 is 1.70 bits per heavy atom. The minimum absolute atomic E-state index is 0.411. The maximum absolute atomic E-state index is 12.8. The molecule has 0 radical (unpaired) electrons. The maximum atomic E-state index is 12.8. The molecule has 0 saturated carbocycles. The molecule has 0 spiro atoms. The van der Waals surface area contributed by atoms with E-state index in [0.717, 1.165) is 41.3 Å². The fourth-order valence-electron chi connectivity index (χ4n) is 4.02. The van der Waals surface area contributed by atoms with Crippen molar-refractivity contribution >= 4 is 59.9 Å². The lowest BCUT2D eigenvalue weighted by molar-refractivity contribution is 0.770. The van der Waals surface area contributed by atoms with E-state index in [1.54, 1.807) is 30.5 Å². The van der Waals surface area contributed by atoms with Crippen LogP contribution >= 0.6 is 31.9 Å². The summed E-state index contributed by atoms with van der Waals surface area (Å²) in [5.41, 5.74) is 3.49. The van der Waals surface area contributed by atoms with Crippen LogP contribution < -0.4 is 11.2 Å². The van der Waals surface area contributed by atoms with Crippen molar-refractivity contribution < 1.29 is 0 Å². The molecule has 5 rings (SSSR count). The van der Waals surface area contributed by atoms with Crippen molar-refractivity contribution in [2.24, 2.45) is 5.10 Å². The Labute approximate surface area is 205 Å². The molecule has 0 unspecified atom stereocenters. The number of nitrogens with zero attached hydrogens (tertiary/aromatic N) is 3. The summed E-state index contributed by atoms with van der Waals surface area (Å²) in [6.45, 7) is 2.67. The fourth-order valence-corrected chi connectivity index (χ4v) is 5.19. The predicted octanol–water partition coefficient (Wildman–Crippen LogP) is 5.41. The summed E-state index contributed by atoms with van der Waals surface area (Å²) in [6, 6.07) is 21.1. The number of benzene rings is 3. The standard InChI is InChI=1S/C25H18Br2N4O2/c1-15-20(13-28-31-24(32)19-7-2-4-8-22(19)29-25(31)33)18-6-3-5-9-23(18)30(15)14-16-10-11-17(26)12-21(16)27/h2-13H,14H2,1H3,(H,29,33). The van der Waals surface area contributed by atoms with Crippen molar-refractivity contribution in [3.8, 4) is 0 Å². The van der Waals surface area contributed by atoms with Crippen molar-refractivity contribution in [2.45, 2.75) is 13.5 Å². The molecule has 0 aliphatic heterocycles. The molecule has 0 aliphatic rings. The van der Waals surface area contributed by atoms with Crippen LogP contribution in [0.25, 0.3) is 21.8 Å². The smallest absolute Gasteiger partial charge is 0.340 e. The van der Waals surface area contributed by atoms with Gasteiger partial charge in [0.15, 0.2) is 0 Å². The lowest BCUT2D eigenvalue weighted by atomic mass is 10.1. The molecule has 164 valence electrons. The van der Waals surface area contributed by atoms with Gasteiger partial charge in [0.25, 0.3) is 5.56 Å². The van der Waals surface area contributed by atoms with Crippen LogP contribution in [0.15, 0.2) is 90.4 Å². The van der Waals surface area contributed by atoms with Crippen molar-refractivity contribution in [2.75, 3.05) is 0 Å². The van der Waals surface area contributed by atoms with Gasteiger partial charge < -0.3 is 9.55 Å². The molecule has 33 heavy (non-hydrogen) atoms. The van der Waals surface area contributed by atoms with Gasteiger partial charge in [0.2, 0.25) is 0 Å². The highest BCUT2D eigenvalue weighted by Gasteiger charge is 2.14. The van der Waals surface area contributed by atoms with Gasteiger partial charge in [-0.15, -0.1) is 4.68 Å². The summed E-state index contributed by atoms with van der Waals surface area (Å²) < 4.78 is 5.10. The van der Waals surface area contributed by atoms with Crippen molar-refractivity contribution in [3.63, 3.8) is 0 Å². The van der Waals surface area contributed by atoms with Gasteiger partial charge in [-0.1, -0.05) is 68.3 Å². The number of aromatic nitrogens is 3. The van der Waals surface area contributed by atoms with Crippen molar-refractivity contribution in [3.05, 3.63) is 113 Å². The Balaban J connectivity index is 1.64. The Morgan fingerprint density at radius 1 is 0.970 bits per heavy atom. The van der Waals surface area contributed by atoms with Crippen LogP contribution in [0.2, 0.25) is 0 Å². The molecule has 0 saturated heterocycles. The number of rotatable bonds is 4. The Kier molecular flexibility index (Phi) is 5.64. The van der Waals surface area contributed by atoms with E-state index in [2.05, 4.69) is 58.6 Å². The minimum atomic E-state index is -0.574. The van der Waals surface area contributed by atoms with Gasteiger partial charge in [0, 0.05) is 37.7 Å². The molecule has 0 aliphatic carbocycles. The van der Waals surface area contributed by atoms with Gasteiger partial charge in [-0.05, 0) is 42.8 Å². The molecule has 0 bridgehead atoms. The van der Waals surface area contributed by atoms with E-state index in [-0.39, 0.29) is 0 Å². The Bertz CT molecular complexity index is 1680. The monoisotopic (exact) mass is 564 g/mol. The van der Waals surface area contributed by atoms with Gasteiger partial charge in [0.1, 0.15) is 0 Å². The van der Waals surface area contributed by atoms with Crippen LogP contribution in [0.5, 0.6) is 0 Å². The normalized spacial score (nSPS) is 11.7. The van der Waals surface area contributed by atoms with Gasteiger partial charge in [-0.25, -0.2) is 4.79 Å². The average molecular weight is 566 g/mol. The summed E-state index contributed by atoms with van der Waals surface area (Å²) in [4.78, 5) is 28.1. The minimum Gasteiger partial charge on any atom is -0.340 e. The first-order valence-electron chi connectivity index (χ1n) is 10.2. The molecular formula is C25H18Br2N4O2. The first kappa shape index (κ1) is 21.6. The molecule has 1 N–H and O–H groups in total. The highest BCUT2D eigenvalue weighted by Crippen LogP contribution is 2.28. The quantitative estimate of drug-likeness (QED) is 0.296. The number of aromatic amines is 1. The second kappa shape index (κ2) is 8.61. The van der Waals surface area contributed by atoms with E-state index in [1.165, 1.54) is 0 Å². The summed E-state index contributed by atoms with van der Waals surface area (Å²) in [5, 5.41) is 5.70. The Morgan fingerprint density at radius 3 is 2.48 bits per heavy atom. The molecule has 6 nitrogen and oxygen atoms in total. The second-order valence-electron chi connectivity index (χ2n) is 7.68.